The molecular weight excluding hydrogens is 360 g/mol. The predicted octanol–water partition coefficient (Wildman–Crippen LogP) is 1.52. The number of hydrogen-bond donors (Lipinski definition) is 2. The summed E-state index contributed by atoms with van der Waals surface area (Å²) in [6, 6.07) is 6.56. The van der Waals surface area contributed by atoms with Crippen molar-refractivity contribution in [2.45, 2.75) is 25.8 Å². The summed E-state index contributed by atoms with van der Waals surface area (Å²) in [5.74, 6) is -0.709. The van der Waals surface area contributed by atoms with E-state index < -0.39 is 23.2 Å². The molecule has 1 atom stereocenters. The summed E-state index contributed by atoms with van der Waals surface area (Å²) in [5.41, 5.74) is -0.551. The van der Waals surface area contributed by atoms with Crippen molar-refractivity contribution in [2.75, 3.05) is 0 Å². The fraction of sp³-hybridized carbons (Fsp3) is 0.294. The highest BCUT2D eigenvalue weighted by molar-refractivity contribution is 6.30. The smallest absolute Gasteiger partial charge is 0.330 e. The minimum atomic E-state index is -0.745. The summed E-state index contributed by atoms with van der Waals surface area (Å²) in [6.07, 6.45) is 0.457. The summed E-state index contributed by atoms with van der Waals surface area (Å²) >= 11 is 5.92. The quantitative estimate of drug-likeness (QED) is 0.846. The second kappa shape index (κ2) is 6.80. The van der Waals surface area contributed by atoms with Crippen molar-refractivity contribution in [1.82, 2.24) is 14.6 Å². The van der Waals surface area contributed by atoms with Crippen LogP contribution in [0.1, 0.15) is 36.9 Å². The molecule has 1 aromatic carbocycles. The molecule has 26 heavy (non-hydrogen) atoms. The van der Waals surface area contributed by atoms with Gasteiger partial charge < -0.3 is 5.11 Å². The Morgan fingerprint density at radius 2 is 2.00 bits per heavy atom. The van der Waals surface area contributed by atoms with Crippen LogP contribution in [0.15, 0.2) is 39.0 Å². The molecule has 1 aliphatic rings. The van der Waals surface area contributed by atoms with Crippen LogP contribution in [0.25, 0.3) is 0 Å². The molecule has 0 fully saturated rings. The summed E-state index contributed by atoms with van der Waals surface area (Å²) in [6.45, 7) is 1.71. The zero-order valence-corrected chi connectivity index (χ0v) is 14.9. The molecule has 1 unspecified atom stereocenters. The maximum atomic E-state index is 12.3. The first kappa shape index (κ1) is 17.9. The van der Waals surface area contributed by atoms with Gasteiger partial charge >= 0.3 is 5.69 Å². The molecule has 2 aromatic rings. The van der Waals surface area contributed by atoms with E-state index in [0.717, 1.165) is 10.1 Å². The first-order chi connectivity index (χ1) is 12.3. The lowest BCUT2D eigenvalue weighted by atomic mass is 9.99. The third kappa shape index (κ3) is 3.03. The largest absolute Gasteiger partial charge is 0.494 e. The topological polar surface area (TPSA) is 108 Å². The van der Waals surface area contributed by atoms with Crippen LogP contribution in [-0.4, -0.2) is 31.3 Å². The molecule has 0 saturated heterocycles. The van der Waals surface area contributed by atoms with Gasteiger partial charge in [-0.1, -0.05) is 30.7 Å². The second-order valence-electron chi connectivity index (χ2n) is 5.93. The van der Waals surface area contributed by atoms with Gasteiger partial charge in [-0.25, -0.2) is 9.80 Å². The standard InChI is InChI=1S/C17H17ClN4O4/c1-3-13(23)22-12(9-4-6-10(18)7-5-9)8-11(20-22)14-15(24)19-17(26)21(2)16(14)25/h4-7,12,25H,3,8H2,1-2H3,(H,19,24,26). The molecule has 2 heterocycles. The highest BCUT2D eigenvalue weighted by Crippen LogP contribution is 2.34. The zero-order chi connectivity index (χ0) is 19.0. The van der Waals surface area contributed by atoms with Crippen molar-refractivity contribution in [3.05, 3.63) is 61.3 Å². The van der Waals surface area contributed by atoms with Gasteiger partial charge in [0.2, 0.25) is 11.8 Å². The molecular formula is C17H17ClN4O4. The Hall–Kier alpha value is -2.87. The Labute approximate surface area is 153 Å². The van der Waals surface area contributed by atoms with Crippen molar-refractivity contribution in [3.63, 3.8) is 0 Å². The van der Waals surface area contributed by atoms with Gasteiger partial charge in [-0.15, -0.1) is 0 Å². The highest BCUT2D eigenvalue weighted by atomic mass is 35.5. The van der Waals surface area contributed by atoms with Crippen LogP contribution in [0.5, 0.6) is 5.88 Å². The number of aromatic nitrogens is 2. The molecule has 0 saturated carbocycles. The van der Waals surface area contributed by atoms with E-state index >= 15 is 0 Å². The number of halogens is 1. The van der Waals surface area contributed by atoms with Gasteiger partial charge in [-0.3, -0.25) is 19.1 Å². The van der Waals surface area contributed by atoms with Crippen molar-refractivity contribution in [3.8, 4) is 5.88 Å². The van der Waals surface area contributed by atoms with Gasteiger partial charge in [0.05, 0.1) is 11.8 Å². The van der Waals surface area contributed by atoms with Gasteiger partial charge in [-0.05, 0) is 17.7 Å². The number of benzene rings is 1. The SMILES string of the molecule is CCC(=O)N1N=C(c2c(O)n(C)c(=O)[nH]c2=O)CC1c1ccc(Cl)cc1. The Morgan fingerprint density at radius 3 is 2.62 bits per heavy atom. The van der Waals surface area contributed by atoms with Crippen molar-refractivity contribution < 1.29 is 9.90 Å². The second-order valence-corrected chi connectivity index (χ2v) is 6.36. The maximum Gasteiger partial charge on any atom is 0.330 e. The Balaban J connectivity index is 2.09. The molecule has 0 bridgehead atoms. The summed E-state index contributed by atoms with van der Waals surface area (Å²) < 4.78 is 0.918. The monoisotopic (exact) mass is 376 g/mol. The first-order valence-corrected chi connectivity index (χ1v) is 8.39. The zero-order valence-electron chi connectivity index (χ0n) is 14.2. The van der Waals surface area contributed by atoms with Gasteiger partial charge in [0.1, 0.15) is 5.56 Å². The number of hydrazone groups is 1. The van der Waals surface area contributed by atoms with Crippen LogP contribution in [0.2, 0.25) is 5.02 Å². The summed E-state index contributed by atoms with van der Waals surface area (Å²) in [7, 11) is 1.33. The minimum absolute atomic E-state index is 0.113. The number of amides is 1. The van der Waals surface area contributed by atoms with Gasteiger partial charge in [0.15, 0.2) is 0 Å². The van der Waals surface area contributed by atoms with Crippen LogP contribution >= 0.6 is 11.6 Å². The van der Waals surface area contributed by atoms with Crippen LogP contribution in [-0.2, 0) is 11.8 Å². The molecule has 1 aliphatic heterocycles. The van der Waals surface area contributed by atoms with Crippen molar-refractivity contribution >= 4 is 23.2 Å². The number of aromatic hydroxyl groups is 1. The number of carbonyl (C=O) groups is 1. The fourth-order valence-electron chi connectivity index (χ4n) is 2.87. The van der Waals surface area contributed by atoms with E-state index in [9.17, 15) is 19.5 Å². The Kier molecular flexibility index (Phi) is 4.69. The molecule has 2 N–H and O–H groups in total. The average Bonchev–Trinajstić information content (AvgIpc) is 3.04. The fourth-order valence-corrected chi connectivity index (χ4v) is 2.99. The number of hydrogen-bond acceptors (Lipinski definition) is 5. The van der Waals surface area contributed by atoms with E-state index in [-0.39, 0.29) is 30.0 Å². The lowest BCUT2D eigenvalue weighted by molar-refractivity contribution is -0.132. The number of nitrogens with one attached hydrogen (secondary N) is 1. The van der Waals surface area contributed by atoms with Gasteiger partial charge in [0.25, 0.3) is 5.56 Å². The molecule has 8 nitrogen and oxygen atoms in total. The van der Waals surface area contributed by atoms with Crippen LogP contribution < -0.4 is 11.2 Å². The van der Waals surface area contributed by atoms with Gasteiger partial charge in [-0.2, -0.15) is 5.10 Å². The van der Waals surface area contributed by atoms with E-state index in [0.29, 0.717) is 5.02 Å². The molecule has 0 spiro atoms. The number of nitrogens with zero attached hydrogens (tertiary/aromatic N) is 3. The third-order valence-electron chi connectivity index (χ3n) is 4.31. The molecule has 1 amide bonds. The minimum Gasteiger partial charge on any atom is -0.494 e. The number of carbonyl (C=O) groups excluding carboxylic acids is 1. The lowest BCUT2D eigenvalue weighted by Gasteiger charge is -2.21. The van der Waals surface area contributed by atoms with Crippen LogP contribution in [0.4, 0.5) is 0 Å². The number of aromatic amines is 1. The summed E-state index contributed by atoms with van der Waals surface area (Å²) in [5, 5.41) is 16.4. The van der Waals surface area contributed by atoms with Gasteiger partial charge in [0, 0.05) is 24.9 Å². The predicted molar refractivity (Wildman–Crippen MR) is 96.5 cm³/mol. The van der Waals surface area contributed by atoms with Crippen molar-refractivity contribution in [2.24, 2.45) is 12.1 Å². The van der Waals surface area contributed by atoms with E-state index in [4.69, 9.17) is 11.6 Å². The third-order valence-corrected chi connectivity index (χ3v) is 4.56. The Morgan fingerprint density at radius 1 is 1.35 bits per heavy atom. The normalized spacial score (nSPS) is 16.7. The number of rotatable bonds is 3. The van der Waals surface area contributed by atoms with Crippen LogP contribution in [0, 0.1) is 0 Å². The lowest BCUT2D eigenvalue weighted by Crippen LogP contribution is -2.32. The van der Waals surface area contributed by atoms with Crippen LogP contribution in [0.3, 0.4) is 0 Å². The van der Waals surface area contributed by atoms with Crippen molar-refractivity contribution in [1.29, 1.82) is 0 Å². The van der Waals surface area contributed by atoms with E-state index in [2.05, 4.69) is 10.1 Å². The molecule has 3 rings (SSSR count). The van der Waals surface area contributed by atoms with E-state index in [1.165, 1.54) is 12.1 Å². The molecule has 136 valence electrons. The summed E-state index contributed by atoms with van der Waals surface area (Å²) in [4.78, 5) is 38.3. The maximum absolute atomic E-state index is 12.3. The molecule has 0 radical (unpaired) electrons. The molecule has 1 aromatic heterocycles. The molecule has 9 heteroatoms. The molecule has 0 aliphatic carbocycles. The van der Waals surface area contributed by atoms with E-state index in [1.54, 1.807) is 31.2 Å². The number of H-pyrrole nitrogens is 1. The first-order valence-electron chi connectivity index (χ1n) is 8.01. The van der Waals surface area contributed by atoms with E-state index in [1.807, 2.05) is 0 Å². The highest BCUT2D eigenvalue weighted by Gasteiger charge is 2.34. The average molecular weight is 377 g/mol. The Bertz CT molecular complexity index is 1010.